The Morgan fingerprint density at radius 3 is 3.15 bits per heavy atom. The summed E-state index contributed by atoms with van der Waals surface area (Å²) in [6, 6.07) is 7.59. The van der Waals surface area contributed by atoms with Crippen LogP contribution in [0.1, 0.15) is 30.4 Å². The molecule has 4 fully saturated rings. The fourth-order valence-corrected chi connectivity index (χ4v) is 7.76. The zero-order chi connectivity index (χ0) is 17.2. The normalized spacial score (nSPS) is 44.7. The SMILES string of the molecule is Cc1cccc2c1N1C(=O)C[C@@H]3OCC=C4CN5CC[C@]26[C@@H]5C[C@@H]4[C@@H]3[C@H]16. The number of piperidine rings is 2. The van der Waals surface area contributed by atoms with Crippen molar-refractivity contribution in [2.24, 2.45) is 11.8 Å². The molecule has 1 spiro atoms. The largest absolute Gasteiger partial charge is 0.373 e. The van der Waals surface area contributed by atoms with Crippen molar-refractivity contribution in [1.29, 1.82) is 0 Å². The third-order valence-electron chi connectivity index (χ3n) is 8.53. The van der Waals surface area contributed by atoms with Crippen LogP contribution >= 0.6 is 0 Å². The van der Waals surface area contributed by atoms with Crippen LogP contribution in [0.4, 0.5) is 5.69 Å². The molecular weight excluding hydrogens is 324 g/mol. The maximum Gasteiger partial charge on any atom is 0.229 e. The summed E-state index contributed by atoms with van der Waals surface area (Å²) in [4.78, 5) is 18.3. The van der Waals surface area contributed by atoms with Crippen molar-refractivity contribution < 1.29 is 9.53 Å². The molecule has 7 rings (SSSR count). The third kappa shape index (κ3) is 1.37. The van der Waals surface area contributed by atoms with Gasteiger partial charge in [-0.1, -0.05) is 29.8 Å². The first-order chi connectivity index (χ1) is 12.7. The van der Waals surface area contributed by atoms with E-state index in [1.807, 2.05) is 0 Å². The van der Waals surface area contributed by atoms with Gasteiger partial charge in [0, 0.05) is 23.9 Å². The van der Waals surface area contributed by atoms with Crippen molar-refractivity contribution in [3.05, 3.63) is 41.0 Å². The van der Waals surface area contributed by atoms with Gasteiger partial charge in [0.15, 0.2) is 0 Å². The zero-order valence-corrected chi connectivity index (χ0v) is 15.1. The molecule has 6 atom stereocenters. The van der Waals surface area contributed by atoms with E-state index in [2.05, 4.69) is 41.0 Å². The minimum atomic E-state index is 0.0992. The van der Waals surface area contributed by atoms with Gasteiger partial charge in [-0.2, -0.15) is 0 Å². The van der Waals surface area contributed by atoms with Crippen molar-refractivity contribution in [2.45, 2.75) is 49.8 Å². The summed E-state index contributed by atoms with van der Waals surface area (Å²) in [5.74, 6) is 1.35. The van der Waals surface area contributed by atoms with E-state index in [1.165, 1.54) is 36.2 Å². The number of benzene rings is 1. The number of anilines is 1. The maximum absolute atomic E-state index is 13.3. The van der Waals surface area contributed by atoms with Gasteiger partial charge in [-0.3, -0.25) is 9.69 Å². The molecule has 1 saturated carbocycles. The summed E-state index contributed by atoms with van der Waals surface area (Å²) in [6.45, 7) is 5.15. The zero-order valence-electron chi connectivity index (χ0n) is 15.1. The fourth-order valence-electron chi connectivity index (χ4n) is 7.76. The second kappa shape index (κ2) is 4.42. The molecule has 0 unspecified atom stereocenters. The average molecular weight is 348 g/mol. The minimum absolute atomic E-state index is 0.0992. The third-order valence-corrected chi connectivity index (χ3v) is 8.53. The second-order valence-electron chi connectivity index (χ2n) is 9.23. The van der Waals surface area contributed by atoms with Crippen LogP contribution in [-0.2, 0) is 14.9 Å². The first-order valence-electron chi connectivity index (χ1n) is 10.2. The van der Waals surface area contributed by atoms with Gasteiger partial charge >= 0.3 is 0 Å². The van der Waals surface area contributed by atoms with Crippen molar-refractivity contribution in [3.8, 4) is 0 Å². The van der Waals surface area contributed by atoms with Gasteiger partial charge in [0.1, 0.15) is 0 Å². The van der Waals surface area contributed by atoms with Crippen molar-refractivity contribution in [3.63, 3.8) is 0 Å². The Morgan fingerprint density at radius 1 is 1.31 bits per heavy atom. The molecule has 3 saturated heterocycles. The van der Waals surface area contributed by atoms with Crippen LogP contribution in [0.25, 0.3) is 0 Å². The second-order valence-corrected chi connectivity index (χ2v) is 9.23. The lowest BCUT2D eigenvalue weighted by Crippen LogP contribution is -2.69. The molecule has 5 aliphatic heterocycles. The molecule has 2 bridgehead atoms. The van der Waals surface area contributed by atoms with Gasteiger partial charge < -0.3 is 9.64 Å². The van der Waals surface area contributed by atoms with Crippen LogP contribution in [0.15, 0.2) is 29.8 Å². The van der Waals surface area contributed by atoms with Crippen LogP contribution in [0, 0.1) is 18.8 Å². The predicted octanol–water partition coefficient (Wildman–Crippen LogP) is 2.40. The number of fused-ring (bicyclic) bond motifs is 2. The van der Waals surface area contributed by atoms with E-state index in [4.69, 9.17) is 4.74 Å². The summed E-state index contributed by atoms with van der Waals surface area (Å²) in [7, 11) is 0. The van der Waals surface area contributed by atoms with Crippen molar-refractivity contribution in [2.75, 3.05) is 24.6 Å². The standard InChI is InChI=1S/C22H24N2O2/c1-12-3-2-4-15-20(12)24-18(25)10-16-19-14-9-17-22(15,21(19)24)6-7-23(17)11-13(14)5-8-26-16/h2-5,14,16-17,19,21H,6-11H2,1H3/t14-,16-,17-,19-,21-,22+/m0/s1. The van der Waals surface area contributed by atoms with Crippen LogP contribution in [0.5, 0.6) is 0 Å². The lowest BCUT2D eigenvalue weighted by molar-refractivity contribution is -0.132. The highest BCUT2D eigenvalue weighted by molar-refractivity contribution is 6.00. The Bertz CT molecular complexity index is 892. The Kier molecular flexibility index (Phi) is 2.45. The molecule has 0 aromatic heterocycles. The number of nitrogens with zero attached hydrogens (tertiary/aromatic N) is 2. The molecule has 134 valence electrons. The molecule has 1 aromatic carbocycles. The van der Waals surface area contributed by atoms with Gasteiger partial charge in [-0.25, -0.2) is 0 Å². The number of carbonyl (C=O) groups is 1. The number of hydrogen-bond donors (Lipinski definition) is 0. The van der Waals surface area contributed by atoms with Crippen LogP contribution < -0.4 is 4.90 Å². The molecule has 0 radical (unpaired) electrons. The molecule has 5 heterocycles. The highest BCUT2D eigenvalue weighted by Crippen LogP contribution is 2.66. The molecule has 1 aliphatic carbocycles. The number of aryl methyl sites for hydroxylation is 1. The average Bonchev–Trinajstić information content (AvgIpc) is 3.10. The Labute approximate surface area is 153 Å². The minimum Gasteiger partial charge on any atom is -0.373 e. The summed E-state index contributed by atoms with van der Waals surface area (Å²) in [6.07, 6.45) is 5.43. The van der Waals surface area contributed by atoms with Gasteiger partial charge in [0.2, 0.25) is 5.91 Å². The summed E-state index contributed by atoms with van der Waals surface area (Å²) in [5.41, 5.74) is 5.67. The van der Waals surface area contributed by atoms with Gasteiger partial charge in [0.25, 0.3) is 0 Å². The van der Waals surface area contributed by atoms with E-state index in [-0.39, 0.29) is 17.4 Å². The van der Waals surface area contributed by atoms with E-state index in [0.717, 1.165) is 6.54 Å². The van der Waals surface area contributed by atoms with E-state index in [9.17, 15) is 4.79 Å². The fraction of sp³-hybridized carbons (Fsp3) is 0.591. The number of ether oxygens (including phenoxy) is 1. The topological polar surface area (TPSA) is 32.8 Å². The molecular formula is C22H24N2O2. The first-order valence-corrected chi connectivity index (χ1v) is 10.2. The number of hydrogen-bond acceptors (Lipinski definition) is 3. The van der Waals surface area contributed by atoms with E-state index in [1.54, 1.807) is 5.57 Å². The van der Waals surface area contributed by atoms with Gasteiger partial charge in [-0.05, 0) is 43.4 Å². The molecule has 4 nitrogen and oxygen atoms in total. The van der Waals surface area contributed by atoms with Gasteiger partial charge in [-0.15, -0.1) is 0 Å². The van der Waals surface area contributed by atoms with Crippen molar-refractivity contribution in [1.82, 2.24) is 4.90 Å². The molecule has 0 N–H and O–H groups in total. The van der Waals surface area contributed by atoms with Crippen molar-refractivity contribution >= 4 is 11.6 Å². The lowest BCUT2D eigenvalue weighted by atomic mass is 9.53. The first kappa shape index (κ1) is 14.4. The number of carbonyl (C=O) groups excluding carboxylic acids is 1. The van der Waals surface area contributed by atoms with Crippen LogP contribution in [-0.4, -0.2) is 48.7 Å². The Balaban J connectivity index is 1.56. The Hall–Kier alpha value is -1.65. The van der Waals surface area contributed by atoms with Crippen LogP contribution in [0.3, 0.4) is 0 Å². The van der Waals surface area contributed by atoms with Gasteiger partial charge in [0.05, 0.1) is 30.9 Å². The highest BCUT2D eigenvalue weighted by atomic mass is 16.5. The highest BCUT2D eigenvalue weighted by Gasteiger charge is 2.71. The predicted molar refractivity (Wildman–Crippen MR) is 98.1 cm³/mol. The molecule has 4 heteroatoms. The van der Waals surface area contributed by atoms with E-state index < -0.39 is 0 Å². The maximum atomic E-state index is 13.3. The van der Waals surface area contributed by atoms with E-state index >= 15 is 0 Å². The number of rotatable bonds is 0. The number of amides is 1. The van der Waals surface area contributed by atoms with Crippen LogP contribution in [0.2, 0.25) is 0 Å². The number of para-hydroxylation sites is 1. The summed E-state index contributed by atoms with van der Waals surface area (Å²) in [5, 5.41) is 0. The quantitative estimate of drug-likeness (QED) is 0.675. The molecule has 1 aromatic rings. The van der Waals surface area contributed by atoms with E-state index in [0.29, 0.717) is 36.9 Å². The smallest absolute Gasteiger partial charge is 0.229 e. The summed E-state index contributed by atoms with van der Waals surface area (Å²) < 4.78 is 6.28. The Morgan fingerprint density at radius 2 is 2.23 bits per heavy atom. The molecule has 1 amide bonds. The monoisotopic (exact) mass is 348 g/mol. The molecule has 26 heavy (non-hydrogen) atoms. The lowest BCUT2D eigenvalue weighted by Gasteiger charge is -2.58. The molecule has 6 aliphatic rings. The summed E-state index contributed by atoms with van der Waals surface area (Å²) >= 11 is 0.